The highest BCUT2D eigenvalue weighted by molar-refractivity contribution is 7.89. The van der Waals surface area contributed by atoms with Gasteiger partial charge in [0.2, 0.25) is 10.0 Å². The lowest BCUT2D eigenvalue weighted by Crippen LogP contribution is -2.24. The fourth-order valence-electron chi connectivity index (χ4n) is 1.34. The Kier molecular flexibility index (Phi) is 4.40. The van der Waals surface area contributed by atoms with Gasteiger partial charge in [0.15, 0.2) is 0 Å². The summed E-state index contributed by atoms with van der Waals surface area (Å²) in [5.74, 6) is -0.735. The van der Waals surface area contributed by atoms with Crippen LogP contribution in [0.15, 0.2) is 23.1 Å². The number of sulfonamides is 1. The second-order valence-corrected chi connectivity index (χ2v) is 5.03. The maximum atomic E-state index is 13.4. The lowest BCUT2D eigenvalue weighted by molar-refractivity contribution is 0.557. The summed E-state index contributed by atoms with van der Waals surface area (Å²) in [7, 11) is -2.00. The van der Waals surface area contributed by atoms with Crippen molar-refractivity contribution in [3.05, 3.63) is 29.6 Å². The van der Waals surface area contributed by atoms with Crippen molar-refractivity contribution >= 4 is 10.0 Å². The van der Waals surface area contributed by atoms with Crippen LogP contribution in [-0.4, -0.2) is 22.0 Å². The van der Waals surface area contributed by atoms with E-state index in [4.69, 9.17) is 0 Å². The summed E-state index contributed by atoms with van der Waals surface area (Å²) in [6, 6.07) is 4.05. The van der Waals surface area contributed by atoms with Gasteiger partial charge in [-0.05, 0) is 24.7 Å². The molecule has 2 N–H and O–H groups in total. The van der Waals surface area contributed by atoms with Crippen LogP contribution in [0.5, 0.6) is 0 Å². The van der Waals surface area contributed by atoms with Gasteiger partial charge in [0.25, 0.3) is 0 Å². The molecule has 16 heavy (non-hydrogen) atoms. The van der Waals surface area contributed by atoms with Gasteiger partial charge in [-0.1, -0.05) is 13.0 Å². The van der Waals surface area contributed by atoms with Gasteiger partial charge in [-0.2, -0.15) is 0 Å². The van der Waals surface area contributed by atoms with Crippen LogP contribution in [0.4, 0.5) is 4.39 Å². The largest absolute Gasteiger partial charge is 0.316 e. The SMILES string of the molecule is CCNS(=O)(=O)c1cc(CNC)ccc1F. The minimum Gasteiger partial charge on any atom is -0.316 e. The highest BCUT2D eigenvalue weighted by atomic mass is 32.2. The van der Waals surface area contributed by atoms with E-state index >= 15 is 0 Å². The molecule has 1 aromatic rings. The third-order valence-corrected chi connectivity index (χ3v) is 3.56. The quantitative estimate of drug-likeness (QED) is 0.809. The first kappa shape index (κ1) is 13.1. The summed E-state index contributed by atoms with van der Waals surface area (Å²) in [6.45, 7) is 2.37. The first-order chi connectivity index (χ1) is 7.51. The van der Waals surface area contributed by atoms with E-state index in [1.165, 1.54) is 6.07 Å². The van der Waals surface area contributed by atoms with Gasteiger partial charge < -0.3 is 5.32 Å². The third-order valence-electron chi connectivity index (χ3n) is 2.00. The number of hydrogen-bond acceptors (Lipinski definition) is 3. The van der Waals surface area contributed by atoms with E-state index < -0.39 is 15.8 Å². The van der Waals surface area contributed by atoms with E-state index in [1.807, 2.05) is 0 Å². The molecule has 1 rings (SSSR count). The minimum atomic E-state index is -3.73. The molecule has 0 heterocycles. The Morgan fingerprint density at radius 1 is 1.38 bits per heavy atom. The van der Waals surface area contributed by atoms with E-state index in [1.54, 1.807) is 20.0 Å². The second-order valence-electron chi connectivity index (χ2n) is 3.30. The third kappa shape index (κ3) is 3.01. The second kappa shape index (κ2) is 5.38. The van der Waals surface area contributed by atoms with Gasteiger partial charge in [-0.15, -0.1) is 0 Å². The summed E-state index contributed by atoms with van der Waals surface area (Å²) >= 11 is 0. The number of hydrogen-bond donors (Lipinski definition) is 2. The Balaban J connectivity index is 3.16. The lowest BCUT2D eigenvalue weighted by Gasteiger charge is -2.08. The molecule has 0 aliphatic heterocycles. The van der Waals surface area contributed by atoms with E-state index in [0.29, 0.717) is 6.54 Å². The van der Waals surface area contributed by atoms with Crippen LogP contribution in [0, 0.1) is 5.82 Å². The minimum absolute atomic E-state index is 0.234. The molecule has 0 unspecified atom stereocenters. The molecular weight excluding hydrogens is 231 g/mol. The zero-order valence-electron chi connectivity index (χ0n) is 9.25. The predicted octanol–water partition coefficient (Wildman–Crippen LogP) is 0.843. The molecule has 90 valence electrons. The van der Waals surface area contributed by atoms with Crippen molar-refractivity contribution in [2.45, 2.75) is 18.4 Å². The molecular formula is C10H15FN2O2S. The monoisotopic (exact) mass is 246 g/mol. The fraction of sp³-hybridized carbons (Fsp3) is 0.400. The van der Waals surface area contributed by atoms with Crippen LogP contribution < -0.4 is 10.0 Å². The van der Waals surface area contributed by atoms with E-state index in [0.717, 1.165) is 11.6 Å². The Morgan fingerprint density at radius 3 is 2.62 bits per heavy atom. The van der Waals surface area contributed by atoms with Crippen LogP contribution >= 0.6 is 0 Å². The first-order valence-electron chi connectivity index (χ1n) is 4.94. The summed E-state index contributed by atoms with van der Waals surface area (Å²) in [5.41, 5.74) is 0.723. The maximum Gasteiger partial charge on any atom is 0.243 e. The topological polar surface area (TPSA) is 58.2 Å². The van der Waals surface area contributed by atoms with Crippen LogP contribution in [0.1, 0.15) is 12.5 Å². The van der Waals surface area contributed by atoms with Gasteiger partial charge in [0, 0.05) is 13.1 Å². The number of halogens is 1. The van der Waals surface area contributed by atoms with E-state index in [9.17, 15) is 12.8 Å². The normalized spacial score (nSPS) is 11.7. The predicted molar refractivity (Wildman–Crippen MR) is 60.0 cm³/mol. The van der Waals surface area contributed by atoms with Gasteiger partial charge in [-0.25, -0.2) is 17.5 Å². The summed E-state index contributed by atoms with van der Waals surface area (Å²) < 4.78 is 38.9. The van der Waals surface area contributed by atoms with E-state index in [2.05, 4.69) is 10.0 Å². The van der Waals surface area contributed by atoms with Crippen LogP contribution in [0.2, 0.25) is 0 Å². The summed E-state index contributed by atoms with van der Waals surface area (Å²) in [6.07, 6.45) is 0. The Morgan fingerprint density at radius 2 is 2.06 bits per heavy atom. The zero-order valence-corrected chi connectivity index (χ0v) is 10.1. The van der Waals surface area contributed by atoms with Crippen molar-refractivity contribution < 1.29 is 12.8 Å². The van der Waals surface area contributed by atoms with Crippen molar-refractivity contribution in [1.29, 1.82) is 0 Å². The smallest absolute Gasteiger partial charge is 0.243 e. The molecule has 0 bridgehead atoms. The highest BCUT2D eigenvalue weighted by Crippen LogP contribution is 2.16. The Hall–Kier alpha value is -0.980. The van der Waals surface area contributed by atoms with Gasteiger partial charge in [-0.3, -0.25) is 0 Å². The molecule has 0 aromatic heterocycles. The molecule has 0 spiro atoms. The molecule has 0 saturated heterocycles. The fourth-order valence-corrected chi connectivity index (χ4v) is 2.50. The Bertz CT molecular complexity index is 460. The summed E-state index contributed by atoms with van der Waals surface area (Å²) in [4.78, 5) is -0.304. The van der Waals surface area contributed by atoms with Crippen molar-refractivity contribution in [3.8, 4) is 0 Å². The van der Waals surface area contributed by atoms with Crippen LogP contribution in [0.25, 0.3) is 0 Å². The molecule has 0 radical (unpaired) electrons. The molecule has 4 nitrogen and oxygen atoms in total. The van der Waals surface area contributed by atoms with Gasteiger partial charge in [0.05, 0.1) is 0 Å². The van der Waals surface area contributed by atoms with Crippen molar-refractivity contribution in [3.63, 3.8) is 0 Å². The standard InChI is InChI=1S/C10H15FN2O2S/c1-3-13-16(14,15)10-6-8(7-12-2)4-5-9(10)11/h4-6,12-13H,3,7H2,1-2H3. The average molecular weight is 246 g/mol. The zero-order chi connectivity index (χ0) is 12.2. The van der Waals surface area contributed by atoms with Crippen molar-refractivity contribution in [2.75, 3.05) is 13.6 Å². The highest BCUT2D eigenvalue weighted by Gasteiger charge is 2.18. The molecule has 0 aliphatic carbocycles. The molecule has 0 amide bonds. The molecule has 0 fully saturated rings. The van der Waals surface area contributed by atoms with E-state index in [-0.39, 0.29) is 11.4 Å². The van der Waals surface area contributed by atoms with Crippen molar-refractivity contribution in [1.82, 2.24) is 10.0 Å². The number of benzene rings is 1. The lowest BCUT2D eigenvalue weighted by atomic mass is 10.2. The maximum absolute atomic E-state index is 13.4. The van der Waals surface area contributed by atoms with Crippen LogP contribution in [0.3, 0.4) is 0 Å². The number of nitrogens with one attached hydrogen (secondary N) is 2. The Labute approximate surface area is 94.9 Å². The van der Waals surface area contributed by atoms with Crippen molar-refractivity contribution in [2.24, 2.45) is 0 Å². The van der Waals surface area contributed by atoms with Gasteiger partial charge in [0.1, 0.15) is 10.7 Å². The number of rotatable bonds is 5. The molecule has 0 saturated carbocycles. The average Bonchev–Trinajstić information content (AvgIpc) is 2.21. The first-order valence-corrected chi connectivity index (χ1v) is 6.42. The van der Waals surface area contributed by atoms with Gasteiger partial charge >= 0.3 is 0 Å². The molecule has 1 aromatic carbocycles. The summed E-state index contributed by atoms with van der Waals surface area (Å²) in [5, 5.41) is 2.88. The molecule has 0 atom stereocenters. The van der Waals surface area contributed by atoms with Crippen LogP contribution in [-0.2, 0) is 16.6 Å². The molecule has 0 aliphatic rings. The molecule has 6 heteroatoms.